The monoisotopic (exact) mass is 336 g/mol. The van der Waals surface area contributed by atoms with E-state index in [1.165, 1.54) is 0 Å². The number of hydrogen-bond donors (Lipinski definition) is 0. The SMILES string of the molecule is C=C(C)OC(=O)[C@H]1C[C@@H](I)[C@@H]2C[C@@H]1C(=O)O2. The van der Waals surface area contributed by atoms with Crippen molar-refractivity contribution in [2.45, 2.75) is 29.8 Å². The molecule has 0 aromatic carbocycles. The third-order valence-electron chi connectivity index (χ3n) is 3.00. The van der Waals surface area contributed by atoms with Crippen molar-refractivity contribution in [3.8, 4) is 0 Å². The summed E-state index contributed by atoms with van der Waals surface area (Å²) in [6, 6.07) is 0. The molecule has 1 aliphatic heterocycles. The highest BCUT2D eigenvalue weighted by atomic mass is 127. The number of carbonyl (C=O) groups excluding carboxylic acids is 2. The molecule has 0 aromatic heterocycles. The van der Waals surface area contributed by atoms with Gasteiger partial charge in [0.1, 0.15) is 6.10 Å². The van der Waals surface area contributed by atoms with Crippen LogP contribution in [0.2, 0.25) is 0 Å². The third-order valence-corrected chi connectivity index (χ3v) is 4.31. The summed E-state index contributed by atoms with van der Waals surface area (Å²) in [4.78, 5) is 23.3. The highest BCUT2D eigenvalue weighted by Crippen LogP contribution is 2.42. The Morgan fingerprint density at radius 1 is 1.56 bits per heavy atom. The molecule has 2 fully saturated rings. The van der Waals surface area contributed by atoms with Crippen molar-refractivity contribution in [2.24, 2.45) is 11.8 Å². The van der Waals surface area contributed by atoms with E-state index in [1.54, 1.807) is 6.92 Å². The van der Waals surface area contributed by atoms with Crippen LogP contribution in [-0.4, -0.2) is 22.0 Å². The van der Waals surface area contributed by atoms with Gasteiger partial charge in [-0.25, -0.2) is 0 Å². The zero-order valence-corrected chi connectivity index (χ0v) is 11.1. The van der Waals surface area contributed by atoms with Crippen molar-refractivity contribution in [2.75, 3.05) is 0 Å². The minimum absolute atomic E-state index is 0.0213. The first-order valence-electron chi connectivity index (χ1n) is 5.21. The minimum Gasteiger partial charge on any atom is -0.461 e. The van der Waals surface area contributed by atoms with Gasteiger partial charge in [0.05, 0.1) is 17.6 Å². The first-order chi connectivity index (χ1) is 7.49. The van der Waals surface area contributed by atoms with Crippen LogP contribution < -0.4 is 0 Å². The molecule has 16 heavy (non-hydrogen) atoms. The van der Waals surface area contributed by atoms with Gasteiger partial charge in [0.2, 0.25) is 0 Å². The van der Waals surface area contributed by atoms with Crippen molar-refractivity contribution in [3.05, 3.63) is 12.3 Å². The molecule has 0 spiro atoms. The molecule has 1 saturated carbocycles. The number of allylic oxidation sites excluding steroid dienone is 1. The summed E-state index contributed by atoms with van der Waals surface area (Å²) < 4.78 is 10.4. The zero-order valence-electron chi connectivity index (χ0n) is 8.94. The lowest BCUT2D eigenvalue weighted by Gasteiger charge is -2.26. The Morgan fingerprint density at radius 2 is 2.25 bits per heavy atom. The van der Waals surface area contributed by atoms with Gasteiger partial charge in [0.15, 0.2) is 0 Å². The molecule has 88 valence electrons. The first-order valence-corrected chi connectivity index (χ1v) is 6.45. The largest absolute Gasteiger partial charge is 0.461 e. The average Bonchev–Trinajstić information content (AvgIpc) is 2.50. The minimum atomic E-state index is -0.371. The van der Waals surface area contributed by atoms with Crippen LogP contribution in [0.25, 0.3) is 0 Å². The molecular weight excluding hydrogens is 323 g/mol. The third kappa shape index (κ3) is 2.09. The summed E-state index contributed by atoms with van der Waals surface area (Å²) in [5.41, 5.74) is 0. The van der Waals surface area contributed by atoms with Crippen LogP contribution in [0.1, 0.15) is 19.8 Å². The van der Waals surface area contributed by atoms with Gasteiger partial charge in [-0.1, -0.05) is 29.2 Å². The summed E-state index contributed by atoms with van der Waals surface area (Å²) >= 11 is 2.23. The van der Waals surface area contributed by atoms with Crippen LogP contribution in [0.15, 0.2) is 12.3 Å². The van der Waals surface area contributed by atoms with E-state index in [2.05, 4.69) is 29.2 Å². The molecule has 2 rings (SSSR count). The second-order valence-electron chi connectivity index (χ2n) is 4.30. The Kier molecular flexibility index (Phi) is 3.23. The van der Waals surface area contributed by atoms with E-state index in [4.69, 9.17) is 9.47 Å². The van der Waals surface area contributed by atoms with Crippen molar-refractivity contribution in [1.29, 1.82) is 0 Å². The number of carbonyl (C=O) groups is 2. The number of alkyl halides is 1. The number of esters is 2. The normalized spacial score (nSPS) is 36.8. The van der Waals surface area contributed by atoms with Gasteiger partial charge in [0, 0.05) is 3.92 Å². The van der Waals surface area contributed by atoms with Crippen molar-refractivity contribution >= 4 is 34.5 Å². The highest BCUT2D eigenvalue weighted by Gasteiger charge is 2.51. The molecule has 0 aromatic rings. The van der Waals surface area contributed by atoms with Crippen LogP contribution >= 0.6 is 22.6 Å². The maximum atomic E-state index is 11.8. The van der Waals surface area contributed by atoms with Gasteiger partial charge in [-0.15, -0.1) is 0 Å². The molecular formula is C11H13IO4. The van der Waals surface area contributed by atoms with Crippen LogP contribution in [0, 0.1) is 11.8 Å². The summed E-state index contributed by atoms with van der Waals surface area (Å²) in [5.74, 6) is -0.930. The van der Waals surface area contributed by atoms with E-state index in [1.807, 2.05) is 0 Å². The number of rotatable bonds is 2. The highest BCUT2D eigenvalue weighted by molar-refractivity contribution is 14.1. The Bertz CT molecular complexity index is 352. The van der Waals surface area contributed by atoms with Gasteiger partial charge in [-0.3, -0.25) is 9.59 Å². The average molecular weight is 336 g/mol. The van der Waals surface area contributed by atoms with E-state index >= 15 is 0 Å². The van der Waals surface area contributed by atoms with Crippen LogP contribution in [0.3, 0.4) is 0 Å². The molecule has 0 unspecified atom stereocenters. The second-order valence-corrected chi connectivity index (χ2v) is 5.90. The zero-order chi connectivity index (χ0) is 11.9. The summed E-state index contributed by atoms with van der Waals surface area (Å²) in [6.45, 7) is 5.15. The van der Waals surface area contributed by atoms with E-state index in [-0.39, 0.29) is 33.8 Å². The summed E-state index contributed by atoms with van der Waals surface area (Å²) in [7, 11) is 0. The Hall–Kier alpha value is -0.590. The summed E-state index contributed by atoms with van der Waals surface area (Å²) in [5, 5.41) is 0. The lowest BCUT2D eigenvalue weighted by Crippen LogP contribution is -2.35. The molecule has 5 heteroatoms. The Labute approximate surface area is 107 Å². The van der Waals surface area contributed by atoms with Gasteiger partial charge in [-0.05, 0) is 19.8 Å². The van der Waals surface area contributed by atoms with Crippen molar-refractivity contribution in [1.82, 2.24) is 0 Å². The lowest BCUT2D eigenvalue weighted by atomic mass is 9.80. The predicted molar refractivity (Wildman–Crippen MR) is 64.8 cm³/mol. The second kappa shape index (κ2) is 4.35. The molecule has 0 radical (unpaired) electrons. The lowest BCUT2D eigenvalue weighted by molar-refractivity contribution is -0.152. The fourth-order valence-electron chi connectivity index (χ4n) is 2.25. The summed E-state index contributed by atoms with van der Waals surface area (Å²) in [6.07, 6.45) is 1.27. The van der Waals surface area contributed by atoms with E-state index in [0.29, 0.717) is 18.6 Å². The van der Waals surface area contributed by atoms with E-state index in [9.17, 15) is 9.59 Å². The molecule has 0 N–H and O–H groups in total. The van der Waals surface area contributed by atoms with Crippen molar-refractivity contribution < 1.29 is 19.1 Å². The van der Waals surface area contributed by atoms with E-state index in [0.717, 1.165) is 0 Å². The number of fused-ring (bicyclic) bond motifs is 2. The van der Waals surface area contributed by atoms with Gasteiger partial charge in [0.25, 0.3) is 0 Å². The Balaban J connectivity index is 2.12. The standard InChI is InChI=1S/C11H13IO4/c1-5(2)15-10(13)6-3-8(12)9-4-7(6)11(14)16-9/h6-9H,1,3-4H2,2H3/t6-,7-,8+,9-/m0/s1. The smallest absolute Gasteiger partial charge is 0.314 e. The fraction of sp³-hybridized carbons (Fsp3) is 0.636. The predicted octanol–water partition coefficient (Wildman–Crippen LogP) is 1.82. The molecule has 2 aliphatic rings. The molecule has 1 heterocycles. The maximum Gasteiger partial charge on any atom is 0.314 e. The van der Waals surface area contributed by atoms with Crippen LogP contribution in [0.5, 0.6) is 0 Å². The van der Waals surface area contributed by atoms with Gasteiger partial charge in [-0.2, -0.15) is 0 Å². The van der Waals surface area contributed by atoms with Crippen LogP contribution in [-0.2, 0) is 19.1 Å². The van der Waals surface area contributed by atoms with Crippen LogP contribution in [0.4, 0.5) is 0 Å². The molecule has 4 atom stereocenters. The molecule has 4 nitrogen and oxygen atoms in total. The Morgan fingerprint density at radius 3 is 2.88 bits per heavy atom. The molecule has 0 amide bonds. The number of ether oxygens (including phenoxy) is 2. The van der Waals surface area contributed by atoms with Crippen molar-refractivity contribution in [3.63, 3.8) is 0 Å². The number of halogens is 1. The molecule has 2 bridgehead atoms. The number of hydrogen-bond acceptors (Lipinski definition) is 4. The van der Waals surface area contributed by atoms with Gasteiger partial charge >= 0.3 is 11.9 Å². The van der Waals surface area contributed by atoms with Gasteiger partial charge < -0.3 is 9.47 Å². The topological polar surface area (TPSA) is 52.6 Å². The maximum absolute atomic E-state index is 11.8. The van der Waals surface area contributed by atoms with E-state index < -0.39 is 0 Å². The quantitative estimate of drug-likeness (QED) is 0.334. The first kappa shape index (κ1) is 11.9. The fourth-order valence-corrected chi connectivity index (χ4v) is 3.24. The molecule has 1 saturated heterocycles. The molecule has 1 aliphatic carbocycles.